The van der Waals surface area contributed by atoms with E-state index in [1.165, 1.54) is 25.7 Å². The molecule has 0 saturated heterocycles. The molecule has 2 aliphatic carbocycles. The Kier molecular flexibility index (Phi) is 2.98. The Hall–Kier alpha value is -1.51. The molecule has 0 spiro atoms. The molecule has 2 saturated carbocycles. The zero-order valence-corrected chi connectivity index (χ0v) is 10.6. The maximum absolute atomic E-state index is 12.0. The van der Waals surface area contributed by atoms with Crippen LogP contribution in [0, 0.1) is 11.8 Å². The normalized spacial score (nSPS) is 18.9. The largest absolute Gasteiger partial charge is 0.399 e. The molecule has 1 amide bonds. The number of anilines is 1. The number of hydrogen-bond acceptors (Lipinski definition) is 2. The molecule has 96 valence electrons. The molecule has 0 radical (unpaired) electrons. The minimum Gasteiger partial charge on any atom is -0.399 e. The second-order valence-electron chi connectivity index (χ2n) is 5.69. The smallest absolute Gasteiger partial charge is 0.224 e. The zero-order valence-electron chi connectivity index (χ0n) is 10.6. The molecule has 0 bridgehead atoms. The first-order valence-corrected chi connectivity index (χ1v) is 6.86. The molecule has 2 aliphatic rings. The van der Waals surface area contributed by atoms with Gasteiger partial charge in [-0.2, -0.15) is 0 Å². The van der Waals surface area contributed by atoms with E-state index in [4.69, 9.17) is 5.73 Å². The highest BCUT2D eigenvalue weighted by Gasteiger charge is 2.42. The van der Waals surface area contributed by atoms with Crippen LogP contribution in [0.1, 0.15) is 31.2 Å². The Balaban J connectivity index is 1.55. The highest BCUT2D eigenvalue weighted by Crippen LogP contribution is 2.44. The summed E-state index contributed by atoms with van der Waals surface area (Å²) in [6, 6.07) is 8.01. The molecule has 0 aliphatic heterocycles. The standard InChI is InChI=1S/C15H20N2O/c16-13-7-1-10(2-8-13)9-14(18)17-15(11-3-4-11)12-5-6-12/h1-2,7-8,11-12,15H,3-6,9,16H2,(H,17,18). The monoisotopic (exact) mass is 244 g/mol. The van der Waals surface area contributed by atoms with Crippen molar-refractivity contribution in [1.29, 1.82) is 0 Å². The molecule has 1 aromatic rings. The molecule has 0 heterocycles. The van der Waals surface area contributed by atoms with Crippen molar-refractivity contribution in [2.24, 2.45) is 11.8 Å². The number of rotatable bonds is 5. The van der Waals surface area contributed by atoms with Gasteiger partial charge in [0.25, 0.3) is 0 Å². The number of nitrogens with one attached hydrogen (secondary N) is 1. The SMILES string of the molecule is Nc1ccc(CC(=O)NC(C2CC2)C2CC2)cc1. The van der Waals surface area contributed by atoms with Crippen LogP contribution < -0.4 is 11.1 Å². The summed E-state index contributed by atoms with van der Waals surface area (Å²) < 4.78 is 0. The minimum absolute atomic E-state index is 0.156. The summed E-state index contributed by atoms with van der Waals surface area (Å²) in [5, 5.41) is 3.23. The van der Waals surface area contributed by atoms with Gasteiger partial charge in [-0.25, -0.2) is 0 Å². The lowest BCUT2D eigenvalue weighted by Gasteiger charge is -2.17. The molecule has 1 aromatic carbocycles. The number of benzene rings is 1. The molecule has 2 fully saturated rings. The second kappa shape index (κ2) is 4.63. The molecule has 3 nitrogen and oxygen atoms in total. The van der Waals surface area contributed by atoms with Crippen molar-refractivity contribution in [1.82, 2.24) is 5.32 Å². The number of carbonyl (C=O) groups is 1. The highest BCUT2D eigenvalue weighted by molar-refractivity contribution is 5.79. The van der Waals surface area contributed by atoms with E-state index in [0.29, 0.717) is 12.5 Å². The van der Waals surface area contributed by atoms with Crippen molar-refractivity contribution in [3.63, 3.8) is 0 Å². The van der Waals surface area contributed by atoms with E-state index in [0.717, 1.165) is 23.1 Å². The van der Waals surface area contributed by atoms with Gasteiger partial charge in [0.15, 0.2) is 0 Å². The first-order valence-electron chi connectivity index (χ1n) is 6.86. The fourth-order valence-corrected chi connectivity index (χ4v) is 2.59. The molecule has 0 unspecified atom stereocenters. The number of hydrogen-bond donors (Lipinski definition) is 2. The summed E-state index contributed by atoms with van der Waals surface area (Å²) in [7, 11) is 0. The molecule has 0 aromatic heterocycles. The van der Waals surface area contributed by atoms with E-state index in [1.807, 2.05) is 24.3 Å². The third-order valence-electron chi connectivity index (χ3n) is 3.93. The summed E-state index contributed by atoms with van der Waals surface area (Å²) in [5.74, 6) is 1.67. The van der Waals surface area contributed by atoms with Gasteiger partial charge in [0.1, 0.15) is 0 Å². The summed E-state index contributed by atoms with van der Waals surface area (Å²) in [6.45, 7) is 0. The predicted octanol–water partition coefficient (Wildman–Crippen LogP) is 2.12. The van der Waals surface area contributed by atoms with Gasteiger partial charge < -0.3 is 11.1 Å². The van der Waals surface area contributed by atoms with Crippen LogP contribution in [0.15, 0.2) is 24.3 Å². The van der Waals surface area contributed by atoms with Gasteiger partial charge in [0.05, 0.1) is 6.42 Å². The van der Waals surface area contributed by atoms with Crippen molar-refractivity contribution in [3.8, 4) is 0 Å². The Morgan fingerprint density at radius 2 is 1.72 bits per heavy atom. The van der Waals surface area contributed by atoms with Crippen molar-refractivity contribution >= 4 is 11.6 Å². The maximum Gasteiger partial charge on any atom is 0.224 e. The quantitative estimate of drug-likeness (QED) is 0.779. The van der Waals surface area contributed by atoms with Crippen LogP contribution in [0.25, 0.3) is 0 Å². The van der Waals surface area contributed by atoms with Crippen LogP contribution in [-0.2, 0) is 11.2 Å². The van der Waals surface area contributed by atoms with E-state index in [-0.39, 0.29) is 5.91 Å². The van der Waals surface area contributed by atoms with E-state index < -0.39 is 0 Å². The van der Waals surface area contributed by atoms with Crippen molar-refractivity contribution in [2.75, 3.05) is 5.73 Å². The average Bonchev–Trinajstić information content (AvgIpc) is 3.22. The molecule has 3 N–H and O–H groups in total. The average molecular weight is 244 g/mol. The fraction of sp³-hybridized carbons (Fsp3) is 0.533. The minimum atomic E-state index is 0.156. The van der Waals surface area contributed by atoms with Gasteiger partial charge in [0, 0.05) is 11.7 Å². The van der Waals surface area contributed by atoms with Gasteiger partial charge in [-0.1, -0.05) is 12.1 Å². The number of nitrogens with two attached hydrogens (primary N) is 1. The Morgan fingerprint density at radius 1 is 1.17 bits per heavy atom. The molecule has 3 heteroatoms. The maximum atomic E-state index is 12.0. The summed E-state index contributed by atoms with van der Waals surface area (Å²) >= 11 is 0. The van der Waals surface area contributed by atoms with E-state index in [2.05, 4.69) is 5.32 Å². The van der Waals surface area contributed by atoms with E-state index in [9.17, 15) is 4.79 Å². The lowest BCUT2D eigenvalue weighted by molar-refractivity contribution is -0.121. The summed E-state index contributed by atoms with van der Waals surface area (Å²) in [6.07, 6.45) is 5.65. The van der Waals surface area contributed by atoms with Crippen LogP contribution in [-0.4, -0.2) is 11.9 Å². The van der Waals surface area contributed by atoms with Gasteiger partial charge in [-0.15, -0.1) is 0 Å². The third-order valence-corrected chi connectivity index (χ3v) is 3.93. The Labute approximate surface area is 108 Å². The van der Waals surface area contributed by atoms with Crippen LogP contribution in [0.3, 0.4) is 0 Å². The Bertz CT molecular complexity index is 420. The van der Waals surface area contributed by atoms with Gasteiger partial charge in [0.2, 0.25) is 5.91 Å². The first kappa shape index (κ1) is 11.6. The summed E-state index contributed by atoms with van der Waals surface area (Å²) in [5.41, 5.74) is 7.41. The van der Waals surface area contributed by atoms with Crippen LogP contribution >= 0.6 is 0 Å². The predicted molar refractivity (Wildman–Crippen MR) is 71.9 cm³/mol. The van der Waals surface area contributed by atoms with E-state index >= 15 is 0 Å². The lowest BCUT2D eigenvalue weighted by atomic mass is 10.1. The van der Waals surface area contributed by atoms with Crippen molar-refractivity contribution < 1.29 is 4.79 Å². The zero-order chi connectivity index (χ0) is 12.5. The number of nitrogen functional groups attached to an aromatic ring is 1. The topological polar surface area (TPSA) is 55.1 Å². The van der Waals surface area contributed by atoms with E-state index in [1.54, 1.807) is 0 Å². The molecular weight excluding hydrogens is 224 g/mol. The number of amides is 1. The molecule has 0 atom stereocenters. The summed E-state index contributed by atoms with van der Waals surface area (Å²) in [4.78, 5) is 12.0. The molecule has 18 heavy (non-hydrogen) atoms. The van der Waals surface area contributed by atoms with Gasteiger partial charge >= 0.3 is 0 Å². The number of carbonyl (C=O) groups excluding carboxylic acids is 1. The fourth-order valence-electron chi connectivity index (χ4n) is 2.59. The Morgan fingerprint density at radius 3 is 2.22 bits per heavy atom. The lowest BCUT2D eigenvalue weighted by Crippen LogP contribution is -2.38. The van der Waals surface area contributed by atoms with Crippen LogP contribution in [0.2, 0.25) is 0 Å². The van der Waals surface area contributed by atoms with Gasteiger partial charge in [-0.3, -0.25) is 4.79 Å². The third kappa shape index (κ3) is 2.84. The van der Waals surface area contributed by atoms with Gasteiger partial charge in [-0.05, 0) is 55.2 Å². The van der Waals surface area contributed by atoms with Crippen LogP contribution in [0.5, 0.6) is 0 Å². The van der Waals surface area contributed by atoms with Crippen molar-refractivity contribution in [2.45, 2.75) is 38.1 Å². The molecule has 3 rings (SSSR count). The second-order valence-corrected chi connectivity index (χ2v) is 5.69. The molecular formula is C15H20N2O. The highest BCUT2D eigenvalue weighted by atomic mass is 16.1. The van der Waals surface area contributed by atoms with Crippen LogP contribution in [0.4, 0.5) is 5.69 Å². The first-order chi connectivity index (χ1) is 8.72. The van der Waals surface area contributed by atoms with Crippen molar-refractivity contribution in [3.05, 3.63) is 29.8 Å².